The maximum atomic E-state index is 12.7. The number of carbonyl (C=O) groups excluding carboxylic acids is 1. The monoisotopic (exact) mass is 408 g/mol. The maximum Gasteiger partial charge on any atom is 0.266 e. The molecule has 0 fully saturated rings. The van der Waals surface area contributed by atoms with Gasteiger partial charge in [-0.15, -0.1) is 0 Å². The molecule has 0 saturated heterocycles. The van der Waals surface area contributed by atoms with Crippen LogP contribution in [0.3, 0.4) is 0 Å². The van der Waals surface area contributed by atoms with Crippen LogP contribution in [0.5, 0.6) is 0 Å². The van der Waals surface area contributed by atoms with Gasteiger partial charge < -0.3 is 0 Å². The van der Waals surface area contributed by atoms with E-state index in [1.165, 1.54) is 18.3 Å². The van der Waals surface area contributed by atoms with E-state index in [1.807, 2.05) is 6.92 Å². The lowest BCUT2D eigenvalue weighted by Gasteiger charge is -2.10. The Hall–Kier alpha value is -2.15. The minimum Gasteiger partial charge on any atom is -0.274 e. The fourth-order valence-electron chi connectivity index (χ4n) is 2.58. The van der Waals surface area contributed by atoms with Crippen LogP contribution in [0, 0.1) is 6.92 Å². The quantitative estimate of drug-likeness (QED) is 0.709. The van der Waals surface area contributed by atoms with Crippen LogP contribution in [0.25, 0.3) is 10.9 Å². The number of fused-ring (bicyclic) bond motifs is 1. The Morgan fingerprint density at radius 2 is 1.88 bits per heavy atom. The van der Waals surface area contributed by atoms with Crippen LogP contribution in [0.2, 0.25) is 10.0 Å². The van der Waals surface area contributed by atoms with Crippen LogP contribution in [-0.2, 0) is 21.2 Å². The molecule has 0 spiro atoms. The number of halogens is 2. The first-order valence-electron chi connectivity index (χ1n) is 7.62. The number of benzene rings is 2. The molecule has 0 unspecified atom stereocenters. The summed E-state index contributed by atoms with van der Waals surface area (Å²) in [5.74, 6) is -0.673. The van der Waals surface area contributed by atoms with Gasteiger partial charge in [-0.25, -0.2) is 13.1 Å². The second kappa shape index (κ2) is 7.23. The Bertz CT molecular complexity index is 1110. The number of aryl methyl sites for hydroxylation is 1. The highest BCUT2D eigenvalue weighted by Gasteiger charge is 2.21. The molecule has 0 aliphatic rings. The van der Waals surface area contributed by atoms with Gasteiger partial charge in [-0.2, -0.15) is 0 Å². The van der Waals surface area contributed by atoms with Crippen LogP contribution in [-0.4, -0.2) is 19.3 Å². The molecule has 0 saturated carbocycles. The van der Waals surface area contributed by atoms with Crippen LogP contribution < -0.4 is 4.72 Å². The highest BCUT2D eigenvalue weighted by atomic mass is 35.5. The molecule has 1 amide bonds. The standard InChI is InChI=1S/C18H14Cl2N2O3S/c1-11-4-7-16(18-13(11)3-2-8-21-18)26(24,25)22-17(23)10-12-5-6-14(19)15(20)9-12/h2-9H,10H2,1H3,(H,22,23). The minimum absolute atomic E-state index is 0.0406. The number of amides is 1. The van der Waals surface area contributed by atoms with E-state index in [9.17, 15) is 13.2 Å². The van der Waals surface area contributed by atoms with Crippen molar-refractivity contribution < 1.29 is 13.2 Å². The highest BCUT2D eigenvalue weighted by Crippen LogP contribution is 2.25. The molecule has 0 radical (unpaired) electrons. The number of nitrogens with one attached hydrogen (secondary N) is 1. The number of hydrogen-bond acceptors (Lipinski definition) is 4. The number of aromatic nitrogens is 1. The molecule has 8 heteroatoms. The maximum absolute atomic E-state index is 12.7. The highest BCUT2D eigenvalue weighted by molar-refractivity contribution is 7.90. The van der Waals surface area contributed by atoms with E-state index in [1.54, 1.807) is 30.3 Å². The lowest BCUT2D eigenvalue weighted by Crippen LogP contribution is -2.32. The van der Waals surface area contributed by atoms with E-state index in [2.05, 4.69) is 9.71 Å². The number of hydrogen-bond donors (Lipinski definition) is 1. The molecule has 1 N–H and O–H groups in total. The third kappa shape index (κ3) is 3.82. The van der Waals surface area contributed by atoms with Crippen molar-refractivity contribution in [2.45, 2.75) is 18.2 Å². The van der Waals surface area contributed by atoms with Crippen molar-refractivity contribution in [3.63, 3.8) is 0 Å². The lowest BCUT2D eigenvalue weighted by molar-refractivity contribution is -0.118. The van der Waals surface area contributed by atoms with Gasteiger partial charge in [0, 0.05) is 11.6 Å². The van der Waals surface area contributed by atoms with Gasteiger partial charge in [-0.3, -0.25) is 9.78 Å². The SMILES string of the molecule is Cc1ccc(S(=O)(=O)NC(=O)Cc2ccc(Cl)c(Cl)c2)c2ncccc12. The molecular formula is C18H14Cl2N2O3S. The molecule has 1 heterocycles. The molecule has 0 aliphatic carbocycles. The van der Waals surface area contributed by atoms with E-state index in [4.69, 9.17) is 23.2 Å². The summed E-state index contributed by atoms with van der Waals surface area (Å²) in [5, 5.41) is 1.38. The summed E-state index contributed by atoms with van der Waals surface area (Å²) in [6.07, 6.45) is 1.37. The number of rotatable bonds is 4. The summed E-state index contributed by atoms with van der Waals surface area (Å²) in [4.78, 5) is 16.3. The zero-order valence-electron chi connectivity index (χ0n) is 13.7. The van der Waals surface area contributed by atoms with Crippen LogP contribution in [0.1, 0.15) is 11.1 Å². The minimum atomic E-state index is -4.06. The fraction of sp³-hybridized carbons (Fsp3) is 0.111. The average molecular weight is 409 g/mol. The van der Waals surface area contributed by atoms with Crippen molar-refractivity contribution in [3.05, 3.63) is 69.8 Å². The van der Waals surface area contributed by atoms with E-state index in [0.717, 1.165) is 5.56 Å². The van der Waals surface area contributed by atoms with Crippen molar-refractivity contribution in [2.75, 3.05) is 0 Å². The molecule has 3 rings (SSSR count). The zero-order valence-corrected chi connectivity index (χ0v) is 16.0. The molecule has 0 aliphatic heterocycles. The number of sulfonamides is 1. The summed E-state index contributed by atoms with van der Waals surface area (Å²) in [7, 11) is -4.06. The van der Waals surface area contributed by atoms with E-state index in [-0.39, 0.29) is 11.3 Å². The summed E-state index contributed by atoms with van der Waals surface area (Å²) in [5.41, 5.74) is 1.77. The van der Waals surface area contributed by atoms with Gasteiger partial charge in [0.05, 0.1) is 22.0 Å². The van der Waals surface area contributed by atoms with Crippen molar-refractivity contribution >= 4 is 50.0 Å². The second-order valence-corrected chi connectivity index (χ2v) is 8.20. The lowest BCUT2D eigenvalue weighted by atomic mass is 10.1. The first-order valence-corrected chi connectivity index (χ1v) is 9.86. The first kappa shape index (κ1) is 18.6. The van der Waals surface area contributed by atoms with Crippen LogP contribution in [0.15, 0.2) is 53.6 Å². The first-order chi connectivity index (χ1) is 12.3. The van der Waals surface area contributed by atoms with Gasteiger partial charge in [0.25, 0.3) is 10.0 Å². The normalized spacial score (nSPS) is 11.5. The molecule has 3 aromatic rings. The predicted octanol–water partition coefficient (Wildman–Crippen LogP) is 3.90. The predicted molar refractivity (Wildman–Crippen MR) is 102 cm³/mol. The number of nitrogens with zero attached hydrogens (tertiary/aromatic N) is 1. The van der Waals surface area contributed by atoms with E-state index < -0.39 is 15.9 Å². The average Bonchev–Trinajstić information content (AvgIpc) is 2.58. The van der Waals surface area contributed by atoms with Gasteiger partial charge >= 0.3 is 0 Å². The Morgan fingerprint density at radius 3 is 2.62 bits per heavy atom. The van der Waals surface area contributed by atoms with E-state index >= 15 is 0 Å². The third-order valence-electron chi connectivity index (χ3n) is 3.84. The second-order valence-electron chi connectivity index (χ2n) is 5.73. The van der Waals surface area contributed by atoms with Crippen molar-refractivity contribution in [1.82, 2.24) is 9.71 Å². The molecular weight excluding hydrogens is 395 g/mol. The van der Waals surface area contributed by atoms with Gasteiger partial charge in [-0.05, 0) is 42.3 Å². The summed E-state index contributed by atoms with van der Waals surface area (Å²) >= 11 is 11.8. The Kier molecular flexibility index (Phi) is 5.18. The number of carbonyl (C=O) groups is 1. The van der Waals surface area contributed by atoms with Crippen molar-refractivity contribution in [2.24, 2.45) is 0 Å². The van der Waals surface area contributed by atoms with E-state index in [0.29, 0.717) is 26.5 Å². The molecule has 26 heavy (non-hydrogen) atoms. The van der Waals surface area contributed by atoms with Crippen molar-refractivity contribution in [1.29, 1.82) is 0 Å². The summed E-state index contributed by atoms with van der Waals surface area (Å²) in [6, 6.07) is 11.3. The van der Waals surface area contributed by atoms with Gasteiger partial charge in [0.15, 0.2) is 0 Å². The summed E-state index contributed by atoms with van der Waals surface area (Å²) < 4.78 is 27.4. The van der Waals surface area contributed by atoms with Crippen LogP contribution >= 0.6 is 23.2 Å². The molecule has 134 valence electrons. The fourth-order valence-corrected chi connectivity index (χ4v) is 4.05. The van der Waals surface area contributed by atoms with Gasteiger partial charge in [-0.1, -0.05) is 41.4 Å². The molecule has 1 aromatic heterocycles. The smallest absolute Gasteiger partial charge is 0.266 e. The number of pyridine rings is 1. The van der Waals surface area contributed by atoms with Crippen LogP contribution in [0.4, 0.5) is 0 Å². The largest absolute Gasteiger partial charge is 0.274 e. The third-order valence-corrected chi connectivity index (χ3v) is 5.98. The Balaban J connectivity index is 1.88. The van der Waals surface area contributed by atoms with Crippen molar-refractivity contribution in [3.8, 4) is 0 Å². The molecule has 2 aromatic carbocycles. The topological polar surface area (TPSA) is 76.1 Å². The molecule has 0 bridgehead atoms. The van der Waals surface area contributed by atoms with Gasteiger partial charge in [0.1, 0.15) is 4.90 Å². The Morgan fingerprint density at radius 1 is 1.12 bits per heavy atom. The molecule has 0 atom stereocenters. The Labute approximate surface area is 161 Å². The molecule has 5 nitrogen and oxygen atoms in total. The summed E-state index contributed by atoms with van der Waals surface area (Å²) in [6.45, 7) is 1.86. The zero-order chi connectivity index (χ0) is 18.9. The van der Waals surface area contributed by atoms with Gasteiger partial charge in [0.2, 0.25) is 5.91 Å².